The second-order valence-corrected chi connectivity index (χ2v) is 7.00. The van der Waals surface area contributed by atoms with Crippen LogP contribution in [-0.4, -0.2) is 36.8 Å². The van der Waals surface area contributed by atoms with Gasteiger partial charge < -0.3 is 9.26 Å². The monoisotopic (exact) mass is 272 g/mol. The molecule has 7 heteroatoms. The van der Waals surface area contributed by atoms with E-state index < -0.39 is 10.0 Å². The molecule has 3 rings (SSSR count). The number of aromatic nitrogens is 1. The minimum atomic E-state index is -3.12. The molecule has 0 atom stereocenters. The minimum absolute atomic E-state index is 0.162. The Kier molecular flexibility index (Phi) is 2.91. The summed E-state index contributed by atoms with van der Waals surface area (Å²) in [5.41, 5.74) is 1.59. The molecule has 0 N–H and O–H groups in total. The van der Waals surface area contributed by atoms with Crippen molar-refractivity contribution >= 4 is 10.0 Å². The Morgan fingerprint density at radius 3 is 2.94 bits per heavy atom. The molecule has 0 amide bonds. The number of methoxy groups -OCH3 is 1. The smallest absolute Gasteiger partial charge is 0.217 e. The van der Waals surface area contributed by atoms with Gasteiger partial charge in [-0.05, 0) is 12.8 Å². The van der Waals surface area contributed by atoms with Crippen LogP contribution in [0, 0.1) is 0 Å². The summed E-state index contributed by atoms with van der Waals surface area (Å²) in [6.45, 7) is 1.22. The summed E-state index contributed by atoms with van der Waals surface area (Å²) in [6, 6.07) is 0. The zero-order chi connectivity index (χ0) is 12.8. The first-order valence-corrected chi connectivity index (χ1v) is 7.57. The molecule has 1 aliphatic carbocycles. The second-order valence-electron chi connectivity index (χ2n) is 4.79. The van der Waals surface area contributed by atoms with Crippen molar-refractivity contribution in [2.45, 2.75) is 37.7 Å². The fourth-order valence-corrected chi connectivity index (χ4v) is 4.09. The van der Waals surface area contributed by atoms with Crippen LogP contribution >= 0.6 is 0 Å². The van der Waals surface area contributed by atoms with E-state index in [4.69, 9.17) is 9.26 Å². The molecular weight excluding hydrogens is 256 g/mol. The highest BCUT2D eigenvalue weighted by Crippen LogP contribution is 2.34. The lowest BCUT2D eigenvalue weighted by atomic mass is 10.1. The molecule has 1 fully saturated rings. The quantitative estimate of drug-likeness (QED) is 0.805. The van der Waals surface area contributed by atoms with Gasteiger partial charge in [0.1, 0.15) is 11.5 Å². The third-order valence-electron chi connectivity index (χ3n) is 3.46. The molecule has 0 aromatic carbocycles. The van der Waals surface area contributed by atoms with Crippen LogP contribution in [0.2, 0.25) is 0 Å². The molecule has 6 nitrogen and oxygen atoms in total. The van der Waals surface area contributed by atoms with E-state index in [0.717, 1.165) is 24.2 Å². The number of fused-ring (bicyclic) bond motifs is 1. The Balaban J connectivity index is 1.85. The molecule has 0 bridgehead atoms. The summed E-state index contributed by atoms with van der Waals surface area (Å²) in [6.07, 6.45) is 2.18. The maximum Gasteiger partial charge on any atom is 0.217 e. The van der Waals surface area contributed by atoms with Crippen molar-refractivity contribution in [2.24, 2.45) is 0 Å². The highest BCUT2D eigenvalue weighted by atomic mass is 32.2. The maximum atomic E-state index is 12.2. The number of hydrogen-bond acceptors (Lipinski definition) is 5. The van der Waals surface area contributed by atoms with Gasteiger partial charge in [-0.25, -0.2) is 8.42 Å². The van der Waals surface area contributed by atoms with Gasteiger partial charge in [0.15, 0.2) is 0 Å². The van der Waals surface area contributed by atoms with Crippen LogP contribution in [0.3, 0.4) is 0 Å². The maximum absolute atomic E-state index is 12.2. The van der Waals surface area contributed by atoms with Gasteiger partial charge in [0.05, 0.1) is 11.9 Å². The van der Waals surface area contributed by atoms with Crippen LogP contribution in [0.4, 0.5) is 0 Å². The van der Waals surface area contributed by atoms with E-state index in [1.165, 1.54) is 0 Å². The van der Waals surface area contributed by atoms with Gasteiger partial charge >= 0.3 is 0 Å². The fraction of sp³-hybridized carbons (Fsp3) is 0.727. The van der Waals surface area contributed by atoms with Gasteiger partial charge in [-0.15, -0.1) is 0 Å². The molecule has 18 heavy (non-hydrogen) atoms. The Hall–Kier alpha value is -0.920. The number of ether oxygens (including phenoxy) is 1. The molecule has 0 spiro atoms. The van der Waals surface area contributed by atoms with E-state index in [1.807, 2.05) is 0 Å². The van der Waals surface area contributed by atoms with E-state index in [0.29, 0.717) is 31.8 Å². The average Bonchev–Trinajstić information content (AvgIpc) is 3.14. The molecule has 1 aromatic rings. The molecule has 1 aromatic heterocycles. The largest absolute Gasteiger partial charge is 0.378 e. The first-order valence-electron chi connectivity index (χ1n) is 6.07. The molecule has 2 aliphatic rings. The second kappa shape index (κ2) is 4.32. The average molecular weight is 272 g/mol. The van der Waals surface area contributed by atoms with Gasteiger partial charge in [-0.1, -0.05) is 5.16 Å². The molecule has 0 saturated heterocycles. The highest BCUT2D eigenvalue weighted by Gasteiger charge is 2.42. The van der Waals surface area contributed by atoms with Crippen molar-refractivity contribution in [3.05, 3.63) is 17.0 Å². The third kappa shape index (κ3) is 1.96. The minimum Gasteiger partial charge on any atom is -0.378 e. The zero-order valence-corrected chi connectivity index (χ0v) is 11.1. The van der Waals surface area contributed by atoms with Crippen molar-refractivity contribution < 1.29 is 17.7 Å². The Morgan fingerprint density at radius 2 is 2.28 bits per heavy atom. The van der Waals surface area contributed by atoms with Crippen molar-refractivity contribution in [2.75, 3.05) is 13.7 Å². The summed E-state index contributed by atoms with van der Waals surface area (Å²) < 4.78 is 36.2. The predicted molar refractivity (Wildman–Crippen MR) is 63.3 cm³/mol. The Morgan fingerprint density at radius 1 is 1.50 bits per heavy atom. The number of rotatable bonds is 4. The standard InChI is InChI=1S/C11H16N2O4S/c1-16-7-10-9-6-13(5-4-11(9)17-12-10)18(14,15)8-2-3-8/h8H,2-7H2,1H3. The van der Waals surface area contributed by atoms with Crippen molar-refractivity contribution in [1.29, 1.82) is 0 Å². The highest BCUT2D eigenvalue weighted by molar-refractivity contribution is 7.90. The normalized spacial score (nSPS) is 20.9. The lowest BCUT2D eigenvalue weighted by Crippen LogP contribution is -2.37. The van der Waals surface area contributed by atoms with Crippen molar-refractivity contribution in [3.8, 4) is 0 Å². The Labute approximate surface area is 106 Å². The third-order valence-corrected chi connectivity index (χ3v) is 5.81. The van der Waals surface area contributed by atoms with Crippen LogP contribution in [0.5, 0.6) is 0 Å². The van der Waals surface area contributed by atoms with E-state index in [9.17, 15) is 8.42 Å². The summed E-state index contributed by atoms with van der Waals surface area (Å²) in [5, 5.41) is 3.78. The van der Waals surface area contributed by atoms with Crippen LogP contribution in [0.15, 0.2) is 4.52 Å². The molecular formula is C11H16N2O4S. The lowest BCUT2D eigenvalue weighted by molar-refractivity contribution is 0.176. The number of nitrogens with zero attached hydrogens (tertiary/aromatic N) is 2. The Bertz CT molecular complexity index is 547. The van der Waals surface area contributed by atoms with Crippen molar-refractivity contribution in [1.82, 2.24) is 9.46 Å². The lowest BCUT2D eigenvalue weighted by Gasteiger charge is -2.25. The van der Waals surface area contributed by atoms with Gasteiger partial charge in [-0.3, -0.25) is 0 Å². The zero-order valence-electron chi connectivity index (χ0n) is 10.3. The SMILES string of the molecule is COCc1noc2c1CN(S(=O)(=O)C1CC1)CC2. The first kappa shape index (κ1) is 12.1. The van der Waals surface area contributed by atoms with E-state index >= 15 is 0 Å². The number of sulfonamides is 1. The van der Waals surface area contributed by atoms with E-state index in [1.54, 1.807) is 11.4 Å². The van der Waals surface area contributed by atoms with E-state index in [2.05, 4.69) is 5.16 Å². The van der Waals surface area contributed by atoms with Crippen molar-refractivity contribution in [3.63, 3.8) is 0 Å². The van der Waals surface area contributed by atoms with Crippen LogP contribution in [0.1, 0.15) is 29.9 Å². The summed E-state index contributed by atoms with van der Waals surface area (Å²) >= 11 is 0. The topological polar surface area (TPSA) is 72.6 Å². The van der Waals surface area contributed by atoms with Gasteiger partial charge in [-0.2, -0.15) is 4.31 Å². The molecule has 2 heterocycles. The predicted octanol–water partition coefficient (Wildman–Crippen LogP) is 0.671. The fourth-order valence-electron chi connectivity index (χ4n) is 2.28. The van der Waals surface area contributed by atoms with Crippen LogP contribution in [0.25, 0.3) is 0 Å². The summed E-state index contributed by atoms with van der Waals surface area (Å²) in [5.74, 6) is 0.796. The summed E-state index contributed by atoms with van der Waals surface area (Å²) in [7, 11) is -1.53. The summed E-state index contributed by atoms with van der Waals surface area (Å²) in [4.78, 5) is 0. The molecule has 0 unspecified atom stereocenters. The van der Waals surface area contributed by atoms with Gasteiger partial charge in [0.2, 0.25) is 10.0 Å². The number of hydrogen-bond donors (Lipinski definition) is 0. The molecule has 1 saturated carbocycles. The van der Waals surface area contributed by atoms with Gasteiger partial charge in [0, 0.05) is 32.2 Å². The van der Waals surface area contributed by atoms with Gasteiger partial charge in [0.25, 0.3) is 0 Å². The van der Waals surface area contributed by atoms with Crippen LogP contribution in [-0.2, 0) is 34.3 Å². The molecule has 100 valence electrons. The molecule has 0 radical (unpaired) electrons. The van der Waals surface area contributed by atoms with Crippen LogP contribution < -0.4 is 0 Å². The molecule has 1 aliphatic heterocycles. The first-order chi connectivity index (χ1) is 8.63. The van der Waals surface area contributed by atoms with E-state index in [-0.39, 0.29) is 5.25 Å².